The number of hydrogen-bond donors (Lipinski definition) is 0. The molecule has 5 rings (SSSR count). The molecule has 1 atom stereocenters. The number of aromatic nitrogens is 3. The minimum atomic E-state index is -0.0390. The highest BCUT2D eigenvalue weighted by Crippen LogP contribution is 2.29. The van der Waals surface area contributed by atoms with Crippen LogP contribution in [0.2, 0.25) is 5.02 Å². The van der Waals surface area contributed by atoms with Gasteiger partial charge in [-0.05, 0) is 44.0 Å². The van der Waals surface area contributed by atoms with E-state index in [9.17, 15) is 4.79 Å². The van der Waals surface area contributed by atoms with Crippen molar-refractivity contribution in [2.45, 2.75) is 32.9 Å². The number of aryl methyl sites for hydroxylation is 1. The lowest BCUT2D eigenvalue weighted by Gasteiger charge is -2.35. The Labute approximate surface area is 167 Å². The molecule has 1 saturated heterocycles. The third-order valence-corrected chi connectivity index (χ3v) is 5.85. The van der Waals surface area contributed by atoms with Crippen LogP contribution in [-0.2, 0) is 17.9 Å². The van der Waals surface area contributed by atoms with Crippen LogP contribution in [0.15, 0.2) is 28.7 Å². The summed E-state index contributed by atoms with van der Waals surface area (Å²) in [7, 11) is 0. The van der Waals surface area contributed by atoms with E-state index >= 15 is 0 Å². The molecule has 4 heterocycles. The number of nitrogens with zero attached hydrogens (tertiary/aromatic N) is 5. The van der Waals surface area contributed by atoms with E-state index in [1.165, 1.54) is 0 Å². The number of halogens is 1. The molecule has 1 aromatic carbocycles. The van der Waals surface area contributed by atoms with Gasteiger partial charge in [0, 0.05) is 24.7 Å². The van der Waals surface area contributed by atoms with Gasteiger partial charge >= 0.3 is 0 Å². The van der Waals surface area contributed by atoms with Crippen molar-refractivity contribution in [3.63, 3.8) is 0 Å². The number of fused-ring (bicyclic) bond motifs is 2. The Balaban J connectivity index is 1.31. The lowest BCUT2D eigenvalue weighted by atomic mass is 9.96. The number of carbonyl (C=O) groups is 1. The minimum absolute atomic E-state index is 0.0390. The van der Waals surface area contributed by atoms with Gasteiger partial charge in [-0.1, -0.05) is 11.6 Å². The number of benzene rings is 1. The molecule has 0 radical (unpaired) electrons. The van der Waals surface area contributed by atoms with Gasteiger partial charge in [-0.25, -0.2) is 0 Å². The summed E-state index contributed by atoms with van der Waals surface area (Å²) < 4.78 is 7.91. The second-order valence-electron chi connectivity index (χ2n) is 7.65. The maximum absolute atomic E-state index is 13.2. The van der Waals surface area contributed by atoms with Gasteiger partial charge in [-0.3, -0.25) is 9.48 Å². The monoisotopic (exact) mass is 399 g/mol. The Morgan fingerprint density at radius 3 is 3.04 bits per heavy atom. The summed E-state index contributed by atoms with van der Waals surface area (Å²) in [6.45, 7) is 5.58. The largest absolute Gasteiger partial charge is 0.423 e. The Bertz CT molecular complexity index is 1040. The van der Waals surface area contributed by atoms with Gasteiger partial charge in [-0.15, -0.1) is 0 Å². The number of carbonyl (C=O) groups excluding carboxylic acids is 1. The van der Waals surface area contributed by atoms with Crippen LogP contribution in [-0.4, -0.2) is 45.2 Å². The zero-order valence-electron chi connectivity index (χ0n) is 15.8. The van der Waals surface area contributed by atoms with E-state index in [0.29, 0.717) is 36.3 Å². The van der Waals surface area contributed by atoms with Crippen LogP contribution in [0.3, 0.4) is 0 Å². The molecular formula is C20H22ClN5O2. The molecule has 8 heteroatoms. The first-order valence-corrected chi connectivity index (χ1v) is 10.1. The van der Waals surface area contributed by atoms with Gasteiger partial charge in [0.25, 0.3) is 6.01 Å². The molecule has 0 spiro atoms. The van der Waals surface area contributed by atoms with Gasteiger partial charge in [0.15, 0.2) is 5.58 Å². The van der Waals surface area contributed by atoms with Crippen molar-refractivity contribution in [1.29, 1.82) is 0 Å². The van der Waals surface area contributed by atoms with Crippen LogP contribution in [0.5, 0.6) is 0 Å². The molecule has 7 nitrogen and oxygen atoms in total. The fraction of sp³-hybridized carbons (Fsp3) is 0.450. The number of piperidine rings is 1. The summed E-state index contributed by atoms with van der Waals surface area (Å²) in [5, 5.41) is 5.11. The average molecular weight is 400 g/mol. The fourth-order valence-electron chi connectivity index (χ4n) is 4.23. The van der Waals surface area contributed by atoms with Gasteiger partial charge in [0.2, 0.25) is 5.91 Å². The molecule has 0 bridgehead atoms. The van der Waals surface area contributed by atoms with Gasteiger partial charge in [-0.2, -0.15) is 10.1 Å². The zero-order chi connectivity index (χ0) is 19.3. The van der Waals surface area contributed by atoms with Crippen LogP contribution >= 0.6 is 11.6 Å². The van der Waals surface area contributed by atoms with Crippen LogP contribution in [0.25, 0.3) is 11.1 Å². The van der Waals surface area contributed by atoms with Crippen molar-refractivity contribution in [1.82, 2.24) is 19.7 Å². The summed E-state index contributed by atoms with van der Waals surface area (Å²) >= 11 is 6.05. The van der Waals surface area contributed by atoms with Crippen molar-refractivity contribution in [2.75, 3.05) is 24.5 Å². The number of anilines is 1. The van der Waals surface area contributed by atoms with Crippen molar-refractivity contribution < 1.29 is 9.21 Å². The Hall–Kier alpha value is -2.54. The predicted octanol–water partition coefficient (Wildman–Crippen LogP) is 3.24. The van der Waals surface area contributed by atoms with E-state index in [4.69, 9.17) is 16.0 Å². The van der Waals surface area contributed by atoms with E-state index < -0.39 is 0 Å². The van der Waals surface area contributed by atoms with E-state index in [2.05, 4.69) is 21.0 Å². The highest BCUT2D eigenvalue weighted by atomic mass is 35.5. The second-order valence-corrected chi connectivity index (χ2v) is 8.09. The molecule has 0 aliphatic carbocycles. The highest BCUT2D eigenvalue weighted by molar-refractivity contribution is 6.31. The second kappa shape index (κ2) is 6.81. The first-order chi connectivity index (χ1) is 13.6. The summed E-state index contributed by atoms with van der Waals surface area (Å²) in [4.78, 5) is 21.8. The first-order valence-electron chi connectivity index (χ1n) is 9.70. The van der Waals surface area contributed by atoms with Crippen LogP contribution < -0.4 is 4.90 Å². The van der Waals surface area contributed by atoms with Crippen molar-refractivity contribution >= 4 is 34.6 Å². The van der Waals surface area contributed by atoms with Crippen molar-refractivity contribution in [2.24, 2.45) is 5.92 Å². The SMILES string of the molecule is Cc1cc2n(n1)CCN(C(=O)C1CCCN(c3nc4cc(Cl)ccc4o3)C1)C2. The predicted molar refractivity (Wildman–Crippen MR) is 106 cm³/mol. The zero-order valence-corrected chi connectivity index (χ0v) is 16.5. The van der Waals surface area contributed by atoms with E-state index in [1.807, 2.05) is 22.6 Å². The molecule has 146 valence electrons. The maximum atomic E-state index is 13.2. The molecule has 28 heavy (non-hydrogen) atoms. The molecule has 1 unspecified atom stereocenters. The van der Waals surface area contributed by atoms with E-state index in [0.717, 1.165) is 42.8 Å². The number of oxazole rings is 1. The van der Waals surface area contributed by atoms with Crippen LogP contribution in [0, 0.1) is 12.8 Å². The summed E-state index contributed by atoms with van der Waals surface area (Å²) in [6, 6.07) is 8.07. The molecule has 0 N–H and O–H groups in total. The molecule has 2 aliphatic heterocycles. The number of hydrogen-bond acceptors (Lipinski definition) is 5. The van der Waals surface area contributed by atoms with E-state index in [1.54, 1.807) is 12.1 Å². The quantitative estimate of drug-likeness (QED) is 0.661. The topological polar surface area (TPSA) is 67.4 Å². The lowest BCUT2D eigenvalue weighted by Crippen LogP contribution is -2.47. The molecule has 2 aromatic heterocycles. The third kappa shape index (κ3) is 3.13. The molecule has 1 amide bonds. The van der Waals surface area contributed by atoms with Crippen LogP contribution in [0.4, 0.5) is 6.01 Å². The molecule has 3 aromatic rings. The standard InChI is InChI=1S/C20H22ClN5O2/c1-13-9-16-12-24(7-8-26(16)23-13)19(27)14-3-2-6-25(11-14)20-22-17-10-15(21)4-5-18(17)28-20/h4-5,9-10,14H,2-3,6-8,11-12H2,1H3. The van der Waals surface area contributed by atoms with Gasteiger partial charge in [0.05, 0.1) is 30.4 Å². The normalized spacial score (nSPS) is 19.9. The van der Waals surface area contributed by atoms with Crippen molar-refractivity contribution in [3.05, 3.63) is 40.7 Å². The summed E-state index contributed by atoms with van der Waals surface area (Å²) in [5.74, 6) is 0.178. The first kappa shape index (κ1) is 17.6. The molecular weight excluding hydrogens is 378 g/mol. The van der Waals surface area contributed by atoms with Crippen molar-refractivity contribution in [3.8, 4) is 0 Å². The fourth-order valence-corrected chi connectivity index (χ4v) is 4.40. The smallest absolute Gasteiger partial charge is 0.298 e. The minimum Gasteiger partial charge on any atom is -0.423 e. The summed E-state index contributed by atoms with van der Waals surface area (Å²) in [6.07, 6.45) is 1.84. The molecule has 1 fully saturated rings. The highest BCUT2D eigenvalue weighted by Gasteiger charge is 2.32. The number of rotatable bonds is 2. The van der Waals surface area contributed by atoms with Crippen LogP contribution in [0.1, 0.15) is 24.2 Å². The average Bonchev–Trinajstić information content (AvgIpc) is 3.28. The summed E-state index contributed by atoms with van der Waals surface area (Å²) in [5.41, 5.74) is 3.58. The maximum Gasteiger partial charge on any atom is 0.298 e. The molecule has 0 saturated carbocycles. The molecule has 2 aliphatic rings. The van der Waals surface area contributed by atoms with Gasteiger partial charge < -0.3 is 14.2 Å². The Kier molecular flexibility index (Phi) is 4.27. The van der Waals surface area contributed by atoms with Gasteiger partial charge in [0.1, 0.15) is 5.52 Å². The third-order valence-electron chi connectivity index (χ3n) is 5.61. The number of amides is 1. The Morgan fingerprint density at radius 2 is 2.14 bits per heavy atom. The Morgan fingerprint density at radius 1 is 1.25 bits per heavy atom. The lowest BCUT2D eigenvalue weighted by molar-refractivity contribution is -0.137. The van der Waals surface area contributed by atoms with E-state index in [-0.39, 0.29) is 11.8 Å².